The van der Waals surface area contributed by atoms with Gasteiger partial charge in [0.15, 0.2) is 0 Å². The molecule has 1 N–H and O–H groups in total. The van der Waals surface area contributed by atoms with Crippen LogP contribution in [0.2, 0.25) is 0 Å². The van der Waals surface area contributed by atoms with E-state index in [2.05, 4.69) is 10.8 Å². The zero-order valence-corrected chi connectivity index (χ0v) is 17.5. The summed E-state index contributed by atoms with van der Waals surface area (Å²) >= 11 is -0.136. The van der Waals surface area contributed by atoms with E-state index in [0.717, 1.165) is 31.4 Å². The highest BCUT2D eigenvalue weighted by atomic mass is 32.2. The Morgan fingerprint density at radius 1 is 1.41 bits per heavy atom. The number of nitrogens with zero attached hydrogens (tertiary/aromatic N) is 2. The van der Waals surface area contributed by atoms with E-state index >= 15 is 0 Å². The zero-order valence-electron chi connectivity index (χ0n) is 15.9. The van der Waals surface area contributed by atoms with Crippen LogP contribution in [0.15, 0.2) is 18.2 Å². The van der Waals surface area contributed by atoms with Gasteiger partial charge in [-0.05, 0) is 53.0 Å². The smallest absolute Gasteiger partial charge is 0.269 e. The third-order valence-corrected chi connectivity index (χ3v) is 8.15. The first kappa shape index (κ1) is 22.0. The molecular formula is C18H24FN3O3S2. The molecular weight excluding hydrogens is 389 g/mol. The first-order valence-corrected chi connectivity index (χ1v) is 10.8. The third kappa shape index (κ3) is 4.93. The second-order valence-corrected chi connectivity index (χ2v) is 11.3. The van der Waals surface area contributed by atoms with Crippen LogP contribution in [-0.2, 0) is 16.9 Å². The number of rotatable bonds is 7. The van der Waals surface area contributed by atoms with Crippen molar-refractivity contribution in [3.63, 3.8) is 0 Å². The molecule has 0 aliphatic heterocycles. The molecule has 1 aliphatic carbocycles. The van der Waals surface area contributed by atoms with Crippen molar-refractivity contribution in [1.29, 1.82) is 5.26 Å². The summed E-state index contributed by atoms with van der Waals surface area (Å²) in [5.41, 5.74) is -1.29. The molecule has 2 atom stereocenters. The predicted molar refractivity (Wildman–Crippen MR) is 106 cm³/mol. The molecule has 1 aliphatic rings. The molecule has 0 heterocycles. The highest BCUT2D eigenvalue weighted by molar-refractivity contribution is 8.01. The van der Waals surface area contributed by atoms with Gasteiger partial charge in [-0.15, -0.1) is 16.5 Å². The SMILES string of the molecule is CC(C)(C)[S@@+]([O-])N[C@](C)(CSC1(C#N)CCC1)c1cc([N+](=O)[O-])ccc1F. The van der Waals surface area contributed by atoms with Gasteiger partial charge in [-0.3, -0.25) is 10.1 Å². The van der Waals surface area contributed by atoms with Gasteiger partial charge in [0, 0.05) is 34.8 Å². The zero-order chi connectivity index (χ0) is 20.5. The molecule has 1 aromatic rings. The summed E-state index contributed by atoms with van der Waals surface area (Å²) in [5, 5.41) is 20.6. The van der Waals surface area contributed by atoms with Crippen molar-refractivity contribution in [2.24, 2.45) is 0 Å². The quantitative estimate of drug-likeness (QED) is 0.409. The largest absolute Gasteiger partial charge is 0.598 e. The number of hydrogen-bond donors (Lipinski definition) is 1. The molecule has 9 heteroatoms. The fraction of sp³-hybridized carbons (Fsp3) is 0.611. The molecule has 0 radical (unpaired) electrons. The summed E-state index contributed by atoms with van der Waals surface area (Å²) in [5.74, 6) is -0.345. The van der Waals surface area contributed by atoms with E-state index in [0.29, 0.717) is 0 Å². The number of halogens is 1. The monoisotopic (exact) mass is 413 g/mol. The van der Waals surface area contributed by atoms with Crippen LogP contribution in [0.25, 0.3) is 0 Å². The average molecular weight is 414 g/mol. The Morgan fingerprint density at radius 3 is 2.48 bits per heavy atom. The Balaban J connectivity index is 2.41. The van der Waals surface area contributed by atoms with Crippen molar-refractivity contribution in [3.05, 3.63) is 39.7 Å². The van der Waals surface area contributed by atoms with E-state index in [1.807, 2.05) is 0 Å². The number of nitrogens with one attached hydrogen (secondary N) is 1. The molecule has 6 nitrogen and oxygen atoms in total. The lowest BCUT2D eigenvalue weighted by Gasteiger charge is -2.40. The highest BCUT2D eigenvalue weighted by Gasteiger charge is 2.44. The van der Waals surface area contributed by atoms with E-state index in [1.54, 1.807) is 27.7 Å². The first-order valence-electron chi connectivity index (χ1n) is 8.62. The number of nitriles is 1. The average Bonchev–Trinajstić information content (AvgIpc) is 2.53. The molecule has 0 bridgehead atoms. The number of benzene rings is 1. The van der Waals surface area contributed by atoms with Crippen LogP contribution in [0.5, 0.6) is 0 Å². The summed E-state index contributed by atoms with van der Waals surface area (Å²) < 4.78 is 29.2. The molecule has 1 aromatic carbocycles. The number of hydrogen-bond acceptors (Lipinski definition) is 6. The van der Waals surface area contributed by atoms with Gasteiger partial charge in [0.1, 0.15) is 15.3 Å². The van der Waals surface area contributed by atoms with E-state index in [9.17, 15) is 24.3 Å². The van der Waals surface area contributed by atoms with Crippen LogP contribution in [0, 0.1) is 27.3 Å². The number of thioether (sulfide) groups is 1. The molecule has 0 aromatic heterocycles. The van der Waals surface area contributed by atoms with Gasteiger partial charge >= 0.3 is 0 Å². The summed E-state index contributed by atoms with van der Waals surface area (Å²) in [6.07, 6.45) is 2.47. The minimum atomic E-state index is -1.53. The number of nitro groups is 1. The normalized spacial score (nSPS) is 19.4. The first-order chi connectivity index (χ1) is 12.4. The van der Waals surface area contributed by atoms with Crippen LogP contribution in [-0.4, -0.2) is 24.7 Å². The van der Waals surface area contributed by atoms with Crippen molar-refractivity contribution in [3.8, 4) is 6.07 Å². The van der Waals surface area contributed by atoms with Crippen LogP contribution in [0.1, 0.15) is 52.5 Å². The molecule has 0 amide bonds. The van der Waals surface area contributed by atoms with Gasteiger partial charge in [-0.25, -0.2) is 4.39 Å². The summed E-state index contributed by atoms with van der Waals surface area (Å²) in [6.45, 7) is 7.04. The van der Waals surface area contributed by atoms with Gasteiger partial charge in [-0.2, -0.15) is 5.26 Å². The Hall–Kier alpha value is -1.34. The molecule has 148 valence electrons. The molecule has 2 rings (SSSR count). The van der Waals surface area contributed by atoms with Crippen molar-refractivity contribution in [2.75, 3.05) is 5.75 Å². The maximum atomic E-state index is 14.6. The van der Waals surface area contributed by atoms with Crippen molar-refractivity contribution < 1.29 is 13.9 Å². The van der Waals surface area contributed by atoms with Gasteiger partial charge in [-0.1, -0.05) is 0 Å². The second-order valence-electron chi connectivity index (χ2n) is 7.98. The maximum absolute atomic E-state index is 14.6. The Kier molecular flexibility index (Phi) is 6.47. The second kappa shape index (κ2) is 7.95. The summed E-state index contributed by atoms with van der Waals surface area (Å²) in [7, 11) is 0. The van der Waals surface area contributed by atoms with Crippen molar-refractivity contribution in [2.45, 2.75) is 62.0 Å². The van der Waals surface area contributed by atoms with Crippen LogP contribution < -0.4 is 4.72 Å². The maximum Gasteiger partial charge on any atom is 0.269 e. The highest BCUT2D eigenvalue weighted by Crippen LogP contribution is 2.46. The Labute approximate surface area is 166 Å². The van der Waals surface area contributed by atoms with Gasteiger partial charge in [0.05, 0.1) is 16.5 Å². The van der Waals surface area contributed by atoms with Crippen LogP contribution in [0.3, 0.4) is 0 Å². The molecule has 0 saturated heterocycles. The molecule has 1 saturated carbocycles. The Bertz CT molecular complexity index is 759. The molecule has 0 unspecified atom stereocenters. The number of nitro benzene ring substituents is 1. The molecule has 27 heavy (non-hydrogen) atoms. The summed E-state index contributed by atoms with van der Waals surface area (Å²) in [6, 6.07) is 5.67. The van der Waals surface area contributed by atoms with E-state index in [-0.39, 0.29) is 17.0 Å². The van der Waals surface area contributed by atoms with E-state index in [4.69, 9.17) is 0 Å². The third-order valence-electron chi connectivity index (χ3n) is 4.63. The standard InChI is InChI=1S/C18H24FN3O3S2/c1-16(2,3)27(25)21-17(4,12-26-18(11-20)8-5-9-18)14-10-13(22(23)24)6-7-15(14)19/h6-7,10,21H,5,8-9,12H2,1-4H3/t17-,27-/m1/s1. The van der Waals surface area contributed by atoms with E-state index < -0.39 is 37.1 Å². The van der Waals surface area contributed by atoms with Gasteiger partial charge in [0.25, 0.3) is 5.69 Å². The minimum Gasteiger partial charge on any atom is -0.598 e. The molecule has 1 fully saturated rings. The fourth-order valence-corrected chi connectivity index (χ4v) is 5.06. The Morgan fingerprint density at radius 2 is 2.04 bits per heavy atom. The molecule has 0 spiro atoms. The van der Waals surface area contributed by atoms with Crippen molar-refractivity contribution >= 4 is 28.8 Å². The predicted octanol–water partition coefficient (Wildman–Crippen LogP) is 4.18. The lowest BCUT2D eigenvalue weighted by molar-refractivity contribution is -0.385. The van der Waals surface area contributed by atoms with Crippen LogP contribution >= 0.6 is 11.8 Å². The van der Waals surface area contributed by atoms with Gasteiger partial charge < -0.3 is 4.55 Å². The fourth-order valence-electron chi connectivity index (χ4n) is 2.64. The lowest BCUT2D eigenvalue weighted by Crippen LogP contribution is -2.52. The van der Waals surface area contributed by atoms with E-state index in [1.165, 1.54) is 17.8 Å². The lowest BCUT2D eigenvalue weighted by atomic mass is 9.86. The topological polar surface area (TPSA) is 102 Å². The van der Waals surface area contributed by atoms with Crippen LogP contribution in [0.4, 0.5) is 10.1 Å². The number of non-ortho nitro benzene ring substituents is 1. The van der Waals surface area contributed by atoms with Gasteiger partial charge in [0.2, 0.25) is 0 Å². The van der Waals surface area contributed by atoms with Crippen molar-refractivity contribution in [1.82, 2.24) is 4.72 Å². The summed E-state index contributed by atoms with van der Waals surface area (Å²) in [4.78, 5) is 10.6. The minimum absolute atomic E-state index is 0.0780.